The Morgan fingerprint density at radius 2 is 2.32 bits per heavy atom. The third-order valence-corrected chi connectivity index (χ3v) is 4.34. The first-order valence-electron chi connectivity index (χ1n) is 6.07. The summed E-state index contributed by atoms with van der Waals surface area (Å²) in [7, 11) is 1.81. The molecular formula is C11H10ClN7OS2. The van der Waals surface area contributed by atoms with E-state index in [-0.39, 0.29) is 6.03 Å². The Balaban J connectivity index is 1.56. The summed E-state index contributed by atoms with van der Waals surface area (Å²) in [6.07, 6.45) is 3.47. The van der Waals surface area contributed by atoms with Crippen LogP contribution in [0.25, 0.3) is 11.4 Å². The van der Waals surface area contributed by atoms with E-state index in [1.165, 1.54) is 11.3 Å². The summed E-state index contributed by atoms with van der Waals surface area (Å²) in [5, 5.41) is 12.6. The third-order valence-electron chi connectivity index (χ3n) is 2.53. The van der Waals surface area contributed by atoms with Crippen LogP contribution in [0.15, 0.2) is 17.8 Å². The van der Waals surface area contributed by atoms with Crippen LogP contribution in [0.3, 0.4) is 0 Å². The van der Waals surface area contributed by atoms with Crippen molar-refractivity contribution in [2.24, 2.45) is 7.05 Å². The molecule has 3 aromatic rings. The number of halogens is 1. The van der Waals surface area contributed by atoms with E-state index in [1.807, 2.05) is 7.05 Å². The number of urea groups is 1. The standard InChI is InChI=1S/C11H10ClN7OS2/c1-19-4-6(2-14-19)9-16-11(22-18-9)17-10(20)13-3-8-15-7(12)5-21-8/h2,4-5H,3H2,1H3,(H2,13,16,17,18,20). The molecule has 0 aromatic carbocycles. The van der Waals surface area contributed by atoms with Gasteiger partial charge in [-0.05, 0) is 0 Å². The summed E-state index contributed by atoms with van der Waals surface area (Å²) in [6, 6.07) is -0.375. The number of rotatable bonds is 4. The van der Waals surface area contributed by atoms with Gasteiger partial charge in [-0.25, -0.2) is 9.78 Å². The van der Waals surface area contributed by atoms with Gasteiger partial charge in [0.1, 0.15) is 10.2 Å². The molecule has 0 fully saturated rings. The fraction of sp³-hybridized carbons (Fsp3) is 0.182. The third kappa shape index (κ3) is 3.59. The van der Waals surface area contributed by atoms with Gasteiger partial charge in [0.2, 0.25) is 5.13 Å². The maximum atomic E-state index is 11.8. The second-order valence-electron chi connectivity index (χ2n) is 4.20. The first-order chi connectivity index (χ1) is 10.6. The van der Waals surface area contributed by atoms with Gasteiger partial charge in [-0.15, -0.1) is 11.3 Å². The Hall–Kier alpha value is -2.04. The molecule has 0 atom stereocenters. The van der Waals surface area contributed by atoms with E-state index >= 15 is 0 Å². The number of nitrogens with zero attached hydrogens (tertiary/aromatic N) is 5. The van der Waals surface area contributed by atoms with Gasteiger partial charge < -0.3 is 5.32 Å². The Morgan fingerprint density at radius 3 is 3.00 bits per heavy atom. The van der Waals surface area contributed by atoms with Crippen LogP contribution < -0.4 is 10.6 Å². The van der Waals surface area contributed by atoms with Gasteiger partial charge in [0.25, 0.3) is 0 Å². The van der Waals surface area contributed by atoms with Crippen LogP contribution in [0.5, 0.6) is 0 Å². The number of thiazole rings is 1. The topological polar surface area (TPSA) is 97.6 Å². The van der Waals surface area contributed by atoms with Gasteiger partial charge in [-0.3, -0.25) is 10.00 Å². The molecule has 11 heteroatoms. The van der Waals surface area contributed by atoms with Crippen molar-refractivity contribution in [3.63, 3.8) is 0 Å². The average Bonchev–Trinajstić information content (AvgIpc) is 3.18. The zero-order valence-electron chi connectivity index (χ0n) is 11.3. The van der Waals surface area contributed by atoms with Crippen molar-refractivity contribution in [2.45, 2.75) is 6.54 Å². The van der Waals surface area contributed by atoms with Crippen LogP contribution in [-0.4, -0.2) is 30.2 Å². The maximum Gasteiger partial charge on any atom is 0.321 e. The minimum Gasteiger partial charge on any atom is -0.331 e. The molecule has 8 nitrogen and oxygen atoms in total. The number of anilines is 1. The molecule has 0 unspecified atom stereocenters. The van der Waals surface area contributed by atoms with Crippen molar-refractivity contribution in [1.82, 2.24) is 29.4 Å². The molecule has 0 spiro atoms. The molecule has 2 amide bonds. The van der Waals surface area contributed by atoms with Crippen molar-refractivity contribution >= 4 is 45.6 Å². The van der Waals surface area contributed by atoms with E-state index in [0.29, 0.717) is 22.7 Å². The monoisotopic (exact) mass is 355 g/mol. The molecule has 0 bridgehead atoms. The lowest BCUT2D eigenvalue weighted by molar-refractivity contribution is 0.251. The first kappa shape index (κ1) is 14.9. The summed E-state index contributed by atoms with van der Waals surface area (Å²) in [6.45, 7) is 0.303. The molecule has 0 radical (unpaired) electrons. The Labute approximate surface area is 138 Å². The van der Waals surface area contributed by atoms with Crippen molar-refractivity contribution in [3.8, 4) is 11.4 Å². The number of hydrogen-bond donors (Lipinski definition) is 2. The highest BCUT2D eigenvalue weighted by atomic mass is 35.5. The molecule has 3 aromatic heterocycles. The van der Waals surface area contributed by atoms with Gasteiger partial charge >= 0.3 is 6.03 Å². The predicted octanol–water partition coefficient (Wildman–Crippen LogP) is 2.37. The van der Waals surface area contributed by atoms with E-state index in [1.54, 1.807) is 22.5 Å². The highest BCUT2D eigenvalue weighted by Gasteiger charge is 2.11. The summed E-state index contributed by atoms with van der Waals surface area (Å²) in [4.78, 5) is 20.1. The number of hydrogen-bond acceptors (Lipinski definition) is 7. The first-order valence-corrected chi connectivity index (χ1v) is 8.11. The van der Waals surface area contributed by atoms with Crippen LogP contribution in [0, 0.1) is 0 Å². The molecule has 0 aliphatic rings. The fourth-order valence-electron chi connectivity index (χ4n) is 1.60. The molecule has 3 heterocycles. The Kier molecular flexibility index (Phi) is 4.32. The van der Waals surface area contributed by atoms with Gasteiger partial charge in [0, 0.05) is 30.2 Å². The lowest BCUT2D eigenvalue weighted by Gasteiger charge is -2.02. The number of aryl methyl sites for hydroxylation is 1. The van der Waals surface area contributed by atoms with E-state index < -0.39 is 0 Å². The molecule has 0 aliphatic heterocycles. The van der Waals surface area contributed by atoms with Crippen LogP contribution in [0.2, 0.25) is 5.15 Å². The smallest absolute Gasteiger partial charge is 0.321 e. The van der Waals surface area contributed by atoms with Gasteiger partial charge in [-0.1, -0.05) is 11.6 Å². The highest BCUT2D eigenvalue weighted by Crippen LogP contribution is 2.20. The van der Waals surface area contributed by atoms with Crippen LogP contribution >= 0.6 is 34.5 Å². The normalized spacial score (nSPS) is 10.6. The SMILES string of the molecule is Cn1cc(-c2nsc(NC(=O)NCc3nc(Cl)cs3)n2)cn1. The maximum absolute atomic E-state index is 11.8. The number of carbonyl (C=O) groups is 1. The average molecular weight is 356 g/mol. The molecule has 0 aliphatic carbocycles. The summed E-state index contributed by atoms with van der Waals surface area (Å²) in [5.41, 5.74) is 0.796. The van der Waals surface area contributed by atoms with Crippen molar-refractivity contribution in [1.29, 1.82) is 0 Å². The number of aromatic nitrogens is 5. The van der Waals surface area contributed by atoms with Gasteiger partial charge in [0.05, 0.1) is 18.3 Å². The van der Waals surface area contributed by atoms with E-state index in [2.05, 4.69) is 30.1 Å². The molecule has 3 rings (SSSR count). The second kappa shape index (κ2) is 6.38. The number of nitrogens with one attached hydrogen (secondary N) is 2. The zero-order chi connectivity index (χ0) is 15.5. The van der Waals surface area contributed by atoms with Crippen LogP contribution in [-0.2, 0) is 13.6 Å². The fourth-order valence-corrected chi connectivity index (χ4v) is 3.06. The number of carbonyl (C=O) groups excluding carboxylic acids is 1. The Morgan fingerprint density at radius 1 is 1.45 bits per heavy atom. The minimum absolute atomic E-state index is 0.303. The van der Waals surface area contributed by atoms with Crippen molar-refractivity contribution in [3.05, 3.63) is 27.9 Å². The van der Waals surface area contributed by atoms with E-state index in [9.17, 15) is 4.79 Å². The largest absolute Gasteiger partial charge is 0.331 e. The summed E-state index contributed by atoms with van der Waals surface area (Å²) < 4.78 is 5.84. The van der Waals surface area contributed by atoms with Crippen molar-refractivity contribution < 1.29 is 4.79 Å². The van der Waals surface area contributed by atoms with Crippen LogP contribution in [0.1, 0.15) is 5.01 Å². The highest BCUT2D eigenvalue weighted by molar-refractivity contribution is 7.10. The molecule has 2 N–H and O–H groups in total. The quantitative estimate of drug-likeness (QED) is 0.748. The lowest BCUT2D eigenvalue weighted by atomic mass is 10.3. The Bertz CT molecular complexity index is 796. The molecule has 114 valence electrons. The van der Waals surface area contributed by atoms with Crippen molar-refractivity contribution in [2.75, 3.05) is 5.32 Å². The van der Waals surface area contributed by atoms with Crippen LogP contribution in [0.4, 0.5) is 9.93 Å². The molecular weight excluding hydrogens is 346 g/mol. The minimum atomic E-state index is -0.375. The van der Waals surface area contributed by atoms with Gasteiger partial charge in [-0.2, -0.15) is 14.5 Å². The van der Waals surface area contributed by atoms with Gasteiger partial charge in [0.15, 0.2) is 5.82 Å². The number of amides is 2. The summed E-state index contributed by atoms with van der Waals surface area (Å²) in [5.74, 6) is 0.528. The van der Waals surface area contributed by atoms with E-state index in [4.69, 9.17) is 11.6 Å². The zero-order valence-corrected chi connectivity index (χ0v) is 13.7. The lowest BCUT2D eigenvalue weighted by Crippen LogP contribution is -2.28. The summed E-state index contributed by atoms with van der Waals surface area (Å²) >= 11 is 8.20. The predicted molar refractivity (Wildman–Crippen MR) is 85.1 cm³/mol. The molecule has 0 saturated carbocycles. The molecule has 0 saturated heterocycles. The van der Waals surface area contributed by atoms with E-state index in [0.717, 1.165) is 22.1 Å². The second-order valence-corrected chi connectivity index (χ2v) is 6.28. The molecule has 22 heavy (non-hydrogen) atoms.